The summed E-state index contributed by atoms with van der Waals surface area (Å²) in [5.41, 5.74) is 3.97. The van der Waals surface area contributed by atoms with Gasteiger partial charge in [-0.15, -0.1) is 0 Å². The molecule has 3 aromatic rings. The fourth-order valence-corrected chi connectivity index (χ4v) is 3.04. The zero-order valence-corrected chi connectivity index (χ0v) is 13.4. The predicted molar refractivity (Wildman–Crippen MR) is 92.6 cm³/mol. The van der Waals surface area contributed by atoms with Crippen LogP contribution in [0.5, 0.6) is 0 Å². The summed E-state index contributed by atoms with van der Waals surface area (Å²) >= 11 is 0. The molecule has 25 heavy (non-hydrogen) atoms. The molecule has 0 saturated carbocycles. The summed E-state index contributed by atoms with van der Waals surface area (Å²) in [5, 5.41) is 18.1. The third-order valence-electron chi connectivity index (χ3n) is 4.31. The van der Waals surface area contributed by atoms with Gasteiger partial charge < -0.3 is 9.32 Å². The molecular weight excluding hydrogens is 312 g/mol. The minimum Gasteiger partial charge on any atom is -0.441 e. The molecule has 2 aromatic carbocycles. The van der Waals surface area contributed by atoms with Crippen molar-refractivity contribution in [3.05, 3.63) is 71.1 Å². The number of oxazole rings is 1. The molecule has 0 saturated heterocycles. The van der Waals surface area contributed by atoms with Crippen LogP contribution in [0.4, 0.5) is 5.69 Å². The standard InChI is InChI=1S/C20H14N4O/c21-11-14-3-1-5-16(9-14)20-23-18-13-24(8-7-19(18)25-20)17-6-2-4-15(10-17)12-22/h1-6,9-10H,7-8,13H2. The molecule has 0 unspecified atom stereocenters. The summed E-state index contributed by atoms with van der Waals surface area (Å²) in [5.74, 6) is 1.44. The number of hydrogen-bond acceptors (Lipinski definition) is 5. The maximum absolute atomic E-state index is 9.07. The average molecular weight is 326 g/mol. The van der Waals surface area contributed by atoms with Crippen molar-refractivity contribution in [1.82, 2.24) is 4.98 Å². The first-order valence-corrected chi connectivity index (χ1v) is 8.01. The summed E-state index contributed by atoms with van der Waals surface area (Å²) in [7, 11) is 0. The van der Waals surface area contributed by atoms with Crippen molar-refractivity contribution in [3.8, 4) is 23.6 Å². The number of benzene rings is 2. The molecule has 120 valence electrons. The van der Waals surface area contributed by atoms with Gasteiger partial charge in [0, 0.05) is 24.2 Å². The van der Waals surface area contributed by atoms with Gasteiger partial charge in [-0.2, -0.15) is 10.5 Å². The minimum absolute atomic E-state index is 0.551. The smallest absolute Gasteiger partial charge is 0.226 e. The van der Waals surface area contributed by atoms with E-state index in [1.807, 2.05) is 30.3 Å². The Bertz CT molecular complexity index is 1020. The van der Waals surface area contributed by atoms with Crippen LogP contribution in [0.1, 0.15) is 22.6 Å². The normalized spacial score (nSPS) is 13.0. The van der Waals surface area contributed by atoms with E-state index in [1.54, 1.807) is 18.2 Å². The second-order valence-electron chi connectivity index (χ2n) is 5.92. The van der Waals surface area contributed by atoms with Gasteiger partial charge in [0.05, 0.1) is 29.8 Å². The lowest BCUT2D eigenvalue weighted by Crippen LogP contribution is -2.30. The van der Waals surface area contributed by atoms with E-state index >= 15 is 0 Å². The number of nitriles is 2. The van der Waals surface area contributed by atoms with Gasteiger partial charge in [0.25, 0.3) is 0 Å². The zero-order valence-electron chi connectivity index (χ0n) is 13.4. The molecule has 1 aliphatic heterocycles. The minimum atomic E-state index is 0.551. The van der Waals surface area contributed by atoms with E-state index in [0.717, 1.165) is 35.7 Å². The van der Waals surface area contributed by atoms with E-state index in [0.29, 0.717) is 23.6 Å². The number of anilines is 1. The molecule has 4 rings (SSSR count). The summed E-state index contributed by atoms with van der Waals surface area (Å²) < 4.78 is 5.92. The molecule has 2 heterocycles. The lowest BCUT2D eigenvalue weighted by molar-refractivity contribution is 0.499. The topological polar surface area (TPSA) is 76.8 Å². The Morgan fingerprint density at radius 1 is 1.00 bits per heavy atom. The Morgan fingerprint density at radius 2 is 1.76 bits per heavy atom. The zero-order chi connectivity index (χ0) is 17.2. The molecule has 0 atom stereocenters. The molecule has 1 aliphatic rings. The van der Waals surface area contributed by atoms with E-state index in [9.17, 15) is 0 Å². The first-order chi connectivity index (χ1) is 12.3. The van der Waals surface area contributed by atoms with Gasteiger partial charge >= 0.3 is 0 Å². The first-order valence-electron chi connectivity index (χ1n) is 8.01. The van der Waals surface area contributed by atoms with E-state index in [1.165, 1.54) is 0 Å². The Balaban J connectivity index is 1.63. The van der Waals surface area contributed by atoms with Crippen LogP contribution in [0.3, 0.4) is 0 Å². The molecule has 0 amide bonds. The van der Waals surface area contributed by atoms with Crippen LogP contribution in [0.25, 0.3) is 11.5 Å². The molecule has 0 N–H and O–H groups in total. The highest BCUT2D eigenvalue weighted by Crippen LogP contribution is 2.29. The van der Waals surface area contributed by atoms with Crippen LogP contribution < -0.4 is 4.90 Å². The van der Waals surface area contributed by atoms with Gasteiger partial charge in [0.1, 0.15) is 11.5 Å². The Kier molecular flexibility index (Phi) is 3.68. The third-order valence-corrected chi connectivity index (χ3v) is 4.31. The summed E-state index contributed by atoms with van der Waals surface area (Å²) in [4.78, 5) is 6.83. The van der Waals surface area contributed by atoms with Gasteiger partial charge in [-0.3, -0.25) is 0 Å². The molecule has 0 bridgehead atoms. The van der Waals surface area contributed by atoms with Crippen LogP contribution in [-0.4, -0.2) is 11.5 Å². The lowest BCUT2D eigenvalue weighted by atomic mass is 10.1. The number of hydrogen-bond donors (Lipinski definition) is 0. The maximum atomic E-state index is 9.07. The SMILES string of the molecule is N#Cc1cccc(-c2nc3c(o2)CCN(c2cccc(C#N)c2)C3)c1. The molecule has 5 heteroatoms. The van der Waals surface area contributed by atoms with Crippen molar-refractivity contribution in [1.29, 1.82) is 10.5 Å². The number of aromatic nitrogens is 1. The molecule has 0 fully saturated rings. The quantitative estimate of drug-likeness (QED) is 0.718. The van der Waals surface area contributed by atoms with Crippen molar-refractivity contribution in [2.24, 2.45) is 0 Å². The second kappa shape index (κ2) is 6.14. The van der Waals surface area contributed by atoms with Crippen molar-refractivity contribution in [3.63, 3.8) is 0 Å². The highest BCUT2D eigenvalue weighted by Gasteiger charge is 2.23. The van der Waals surface area contributed by atoms with Gasteiger partial charge in [-0.05, 0) is 36.4 Å². The molecule has 0 radical (unpaired) electrons. The van der Waals surface area contributed by atoms with Crippen LogP contribution >= 0.6 is 0 Å². The fourth-order valence-electron chi connectivity index (χ4n) is 3.04. The maximum Gasteiger partial charge on any atom is 0.226 e. The molecular formula is C20H14N4O. The van der Waals surface area contributed by atoms with Gasteiger partial charge in [-0.25, -0.2) is 4.98 Å². The van der Waals surface area contributed by atoms with Gasteiger partial charge in [-0.1, -0.05) is 12.1 Å². The van der Waals surface area contributed by atoms with E-state index in [4.69, 9.17) is 14.9 Å². The summed E-state index contributed by atoms with van der Waals surface area (Å²) in [6.07, 6.45) is 0.761. The number of fused-ring (bicyclic) bond motifs is 1. The van der Waals surface area contributed by atoms with E-state index in [2.05, 4.69) is 22.0 Å². The van der Waals surface area contributed by atoms with Crippen molar-refractivity contribution >= 4 is 5.69 Å². The summed E-state index contributed by atoms with van der Waals surface area (Å²) in [6.45, 7) is 1.46. The number of nitrogens with zero attached hydrogens (tertiary/aromatic N) is 4. The number of rotatable bonds is 2. The Labute approximate surface area is 145 Å². The largest absolute Gasteiger partial charge is 0.441 e. The van der Waals surface area contributed by atoms with Crippen LogP contribution in [-0.2, 0) is 13.0 Å². The predicted octanol–water partition coefficient (Wildman–Crippen LogP) is 3.65. The second-order valence-corrected chi connectivity index (χ2v) is 5.92. The van der Waals surface area contributed by atoms with Crippen molar-refractivity contribution in [2.45, 2.75) is 13.0 Å². The first kappa shape index (κ1) is 15.0. The van der Waals surface area contributed by atoms with Crippen molar-refractivity contribution < 1.29 is 4.42 Å². The van der Waals surface area contributed by atoms with E-state index < -0.39 is 0 Å². The monoisotopic (exact) mass is 326 g/mol. The molecule has 0 aliphatic carbocycles. The average Bonchev–Trinajstić information content (AvgIpc) is 3.11. The highest BCUT2D eigenvalue weighted by molar-refractivity contribution is 5.58. The van der Waals surface area contributed by atoms with Crippen LogP contribution in [0.2, 0.25) is 0 Å². The molecule has 1 aromatic heterocycles. The third kappa shape index (κ3) is 2.84. The van der Waals surface area contributed by atoms with Gasteiger partial charge in [0.2, 0.25) is 5.89 Å². The Morgan fingerprint density at radius 3 is 2.56 bits per heavy atom. The Hall–Kier alpha value is -3.57. The van der Waals surface area contributed by atoms with Crippen LogP contribution in [0, 0.1) is 22.7 Å². The van der Waals surface area contributed by atoms with E-state index in [-0.39, 0.29) is 0 Å². The molecule has 5 nitrogen and oxygen atoms in total. The van der Waals surface area contributed by atoms with Gasteiger partial charge in [0.15, 0.2) is 0 Å². The van der Waals surface area contributed by atoms with Crippen molar-refractivity contribution in [2.75, 3.05) is 11.4 Å². The highest BCUT2D eigenvalue weighted by atomic mass is 16.4. The van der Waals surface area contributed by atoms with Crippen LogP contribution in [0.15, 0.2) is 52.9 Å². The lowest BCUT2D eigenvalue weighted by Gasteiger charge is -2.27. The summed E-state index contributed by atoms with van der Waals surface area (Å²) in [6, 6.07) is 19.2. The fraction of sp³-hybridized carbons (Fsp3) is 0.150. The molecule has 0 spiro atoms.